The first-order valence-electron chi connectivity index (χ1n) is 10.1. The summed E-state index contributed by atoms with van der Waals surface area (Å²) in [5.41, 5.74) is 7.84. The first-order chi connectivity index (χ1) is 13.3. The zero-order chi connectivity index (χ0) is 20.4. The molecular formula is C24H31NO3. The molecule has 1 amide bonds. The summed E-state index contributed by atoms with van der Waals surface area (Å²) in [5.74, 6) is 1.58. The largest absolute Gasteiger partial charge is 0.492 e. The molecule has 1 unspecified atom stereocenters. The van der Waals surface area contributed by atoms with Crippen molar-refractivity contribution in [2.45, 2.75) is 59.3 Å². The van der Waals surface area contributed by atoms with Gasteiger partial charge in [-0.3, -0.25) is 4.79 Å². The van der Waals surface area contributed by atoms with Gasteiger partial charge in [0.1, 0.15) is 5.75 Å². The first kappa shape index (κ1) is 20.4. The molecule has 0 saturated heterocycles. The minimum absolute atomic E-state index is 0.0247. The molecule has 28 heavy (non-hydrogen) atoms. The molecule has 3 rings (SSSR count). The van der Waals surface area contributed by atoms with E-state index in [1.54, 1.807) is 0 Å². The van der Waals surface area contributed by atoms with Crippen molar-refractivity contribution in [1.82, 2.24) is 0 Å². The second-order valence-corrected chi connectivity index (χ2v) is 8.05. The average Bonchev–Trinajstić information content (AvgIpc) is 3.13. The Morgan fingerprint density at radius 2 is 1.82 bits per heavy atom. The molecule has 1 heterocycles. The highest BCUT2D eigenvalue weighted by atomic mass is 16.5. The van der Waals surface area contributed by atoms with Gasteiger partial charge in [0.25, 0.3) is 0 Å². The third-order valence-corrected chi connectivity index (χ3v) is 5.88. The number of nitrogens with one attached hydrogen (secondary N) is 1. The maximum Gasteiger partial charge on any atom is 0.224 e. The maximum atomic E-state index is 12.3. The van der Waals surface area contributed by atoms with Gasteiger partial charge in [-0.1, -0.05) is 38.1 Å². The van der Waals surface area contributed by atoms with E-state index < -0.39 is 0 Å². The summed E-state index contributed by atoms with van der Waals surface area (Å²) < 4.78 is 6.11. The van der Waals surface area contributed by atoms with Crippen molar-refractivity contribution in [3.63, 3.8) is 0 Å². The quantitative estimate of drug-likeness (QED) is 0.743. The lowest BCUT2D eigenvalue weighted by molar-refractivity contribution is -0.116. The maximum absolute atomic E-state index is 12.3. The normalized spacial score (nSPS) is 15.5. The Balaban J connectivity index is 1.99. The monoisotopic (exact) mass is 381 g/mol. The second kappa shape index (κ2) is 8.36. The van der Waals surface area contributed by atoms with E-state index >= 15 is 0 Å². The SMILES string of the molecule is Cc1c(C)c2c(c(C)c1NC(=O)CCCO)C(c1ccc(C(C)C)cc1)CO2. The van der Waals surface area contributed by atoms with Gasteiger partial charge in [-0.25, -0.2) is 0 Å². The van der Waals surface area contributed by atoms with Crippen LogP contribution < -0.4 is 10.1 Å². The summed E-state index contributed by atoms with van der Waals surface area (Å²) >= 11 is 0. The average molecular weight is 382 g/mol. The molecule has 0 aromatic heterocycles. The third kappa shape index (κ3) is 3.79. The fraction of sp³-hybridized carbons (Fsp3) is 0.458. The lowest BCUT2D eigenvalue weighted by atomic mass is 9.85. The molecule has 2 aromatic rings. The van der Waals surface area contributed by atoms with Crippen LogP contribution in [0.15, 0.2) is 24.3 Å². The number of aliphatic hydroxyl groups is 1. The van der Waals surface area contributed by atoms with Crippen LogP contribution in [0.5, 0.6) is 5.75 Å². The number of ether oxygens (including phenoxy) is 1. The fourth-order valence-electron chi connectivity index (χ4n) is 4.01. The van der Waals surface area contributed by atoms with E-state index in [2.05, 4.69) is 57.3 Å². The molecule has 2 aromatic carbocycles. The van der Waals surface area contributed by atoms with Crippen molar-refractivity contribution < 1.29 is 14.6 Å². The molecule has 0 spiro atoms. The van der Waals surface area contributed by atoms with E-state index in [4.69, 9.17) is 9.84 Å². The molecule has 1 atom stereocenters. The van der Waals surface area contributed by atoms with Gasteiger partial charge in [0, 0.05) is 30.2 Å². The van der Waals surface area contributed by atoms with Crippen LogP contribution >= 0.6 is 0 Å². The van der Waals surface area contributed by atoms with Gasteiger partial charge in [-0.15, -0.1) is 0 Å². The molecule has 2 N–H and O–H groups in total. The van der Waals surface area contributed by atoms with Crippen molar-refractivity contribution in [3.05, 3.63) is 57.6 Å². The Hall–Kier alpha value is -2.33. The lowest BCUT2D eigenvalue weighted by Crippen LogP contribution is -2.15. The molecule has 1 aliphatic heterocycles. The second-order valence-electron chi connectivity index (χ2n) is 8.05. The number of anilines is 1. The van der Waals surface area contributed by atoms with Crippen LogP contribution in [-0.4, -0.2) is 24.2 Å². The number of carbonyl (C=O) groups is 1. The Kier molecular flexibility index (Phi) is 6.09. The van der Waals surface area contributed by atoms with Crippen LogP contribution in [0, 0.1) is 20.8 Å². The molecule has 0 radical (unpaired) electrons. The predicted molar refractivity (Wildman–Crippen MR) is 113 cm³/mol. The molecule has 1 aliphatic rings. The number of hydrogen-bond donors (Lipinski definition) is 2. The van der Waals surface area contributed by atoms with Crippen LogP contribution in [0.1, 0.15) is 71.9 Å². The van der Waals surface area contributed by atoms with Crippen molar-refractivity contribution in [2.24, 2.45) is 0 Å². The molecule has 4 heteroatoms. The van der Waals surface area contributed by atoms with Gasteiger partial charge in [0.05, 0.1) is 6.61 Å². The lowest BCUT2D eigenvalue weighted by Gasteiger charge is -2.20. The summed E-state index contributed by atoms with van der Waals surface area (Å²) in [6.07, 6.45) is 0.796. The summed E-state index contributed by atoms with van der Waals surface area (Å²) in [4.78, 5) is 12.3. The minimum atomic E-state index is -0.0589. The highest BCUT2D eigenvalue weighted by molar-refractivity contribution is 5.93. The van der Waals surface area contributed by atoms with E-state index in [9.17, 15) is 4.79 Å². The number of rotatable bonds is 6. The smallest absolute Gasteiger partial charge is 0.224 e. The number of benzene rings is 2. The molecule has 0 aliphatic carbocycles. The van der Waals surface area contributed by atoms with Crippen LogP contribution in [0.2, 0.25) is 0 Å². The minimum Gasteiger partial charge on any atom is -0.492 e. The molecule has 0 bridgehead atoms. The van der Waals surface area contributed by atoms with E-state index in [1.807, 2.05) is 6.92 Å². The highest BCUT2D eigenvalue weighted by Gasteiger charge is 2.32. The molecule has 0 saturated carbocycles. The number of fused-ring (bicyclic) bond motifs is 1. The highest BCUT2D eigenvalue weighted by Crippen LogP contribution is 2.46. The molecular weight excluding hydrogens is 350 g/mol. The summed E-state index contributed by atoms with van der Waals surface area (Å²) in [5, 5.41) is 12.1. The van der Waals surface area contributed by atoms with E-state index in [0.717, 1.165) is 28.1 Å². The number of amides is 1. The summed E-state index contributed by atoms with van der Waals surface area (Å²) in [7, 11) is 0. The topological polar surface area (TPSA) is 58.6 Å². The van der Waals surface area contributed by atoms with Crippen molar-refractivity contribution in [1.29, 1.82) is 0 Å². The third-order valence-electron chi connectivity index (χ3n) is 5.88. The Labute approximate surface area is 167 Å². The van der Waals surface area contributed by atoms with Gasteiger partial charge >= 0.3 is 0 Å². The molecule has 150 valence electrons. The Morgan fingerprint density at radius 1 is 1.14 bits per heavy atom. The zero-order valence-corrected chi connectivity index (χ0v) is 17.6. The summed E-state index contributed by atoms with van der Waals surface area (Å²) in [6, 6.07) is 8.80. The first-order valence-corrected chi connectivity index (χ1v) is 10.1. The number of hydrogen-bond acceptors (Lipinski definition) is 3. The van der Waals surface area contributed by atoms with Crippen LogP contribution in [-0.2, 0) is 4.79 Å². The van der Waals surface area contributed by atoms with Crippen molar-refractivity contribution >= 4 is 11.6 Å². The van der Waals surface area contributed by atoms with E-state index in [-0.39, 0.29) is 18.4 Å². The fourth-order valence-corrected chi connectivity index (χ4v) is 4.01. The molecule has 0 fully saturated rings. The standard InChI is InChI=1S/C24H31NO3/c1-14(2)18-8-10-19(11-9-18)20-13-28-24-16(4)15(3)23(17(5)22(20)24)25-21(27)7-6-12-26/h8-11,14,20,26H,6-7,12-13H2,1-5H3,(H,25,27). The Morgan fingerprint density at radius 3 is 2.43 bits per heavy atom. The number of aliphatic hydroxyl groups excluding tert-OH is 1. The summed E-state index contributed by atoms with van der Waals surface area (Å²) in [6.45, 7) is 11.2. The zero-order valence-electron chi connectivity index (χ0n) is 17.6. The van der Waals surface area contributed by atoms with Crippen LogP contribution in [0.3, 0.4) is 0 Å². The molecule has 4 nitrogen and oxygen atoms in total. The van der Waals surface area contributed by atoms with Gasteiger partial charge in [0.15, 0.2) is 0 Å². The van der Waals surface area contributed by atoms with Crippen molar-refractivity contribution in [2.75, 3.05) is 18.5 Å². The Bertz CT molecular complexity index is 869. The van der Waals surface area contributed by atoms with E-state index in [1.165, 1.54) is 16.7 Å². The van der Waals surface area contributed by atoms with Crippen LogP contribution in [0.25, 0.3) is 0 Å². The van der Waals surface area contributed by atoms with Gasteiger partial charge in [-0.2, -0.15) is 0 Å². The number of carbonyl (C=O) groups excluding carboxylic acids is 1. The van der Waals surface area contributed by atoms with Gasteiger partial charge < -0.3 is 15.2 Å². The predicted octanol–water partition coefficient (Wildman–Crippen LogP) is 4.97. The van der Waals surface area contributed by atoms with Gasteiger partial charge in [-0.05, 0) is 60.9 Å². The van der Waals surface area contributed by atoms with E-state index in [0.29, 0.717) is 25.4 Å². The van der Waals surface area contributed by atoms with Crippen molar-refractivity contribution in [3.8, 4) is 5.75 Å². The van der Waals surface area contributed by atoms with Crippen LogP contribution in [0.4, 0.5) is 5.69 Å². The van der Waals surface area contributed by atoms with Gasteiger partial charge in [0.2, 0.25) is 5.91 Å².